The molecule has 0 radical (unpaired) electrons. The second-order valence-electron chi connectivity index (χ2n) is 5.67. The highest BCUT2D eigenvalue weighted by molar-refractivity contribution is 7.13. The number of hydrogen-bond donors (Lipinski definition) is 2. The van der Waals surface area contributed by atoms with Crippen molar-refractivity contribution in [2.45, 2.75) is 25.3 Å². The number of thiazole rings is 1. The van der Waals surface area contributed by atoms with Crippen LogP contribution in [0.25, 0.3) is 0 Å². The number of nitrogens with zero attached hydrogens (tertiary/aromatic N) is 2. The summed E-state index contributed by atoms with van der Waals surface area (Å²) in [4.78, 5) is 30.3. The fourth-order valence-electron chi connectivity index (χ4n) is 2.86. The molecule has 2 N–H and O–H groups in total. The van der Waals surface area contributed by atoms with E-state index in [-0.39, 0.29) is 6.04 Å². The highest BCUT2D eigenvalue weighted by Crippen LogP contribution is 2.25. The first-order valence-electron chi connectivity index (χ1n) is 7.99. The molecule has 1 fully saturated rings. The third-order valence-electron chi connectivity index (χ3n) is 4.07. The zero-order valence-electron chi connectivity index (χ0n) is 13.2. The van der Waals surface area contributed by atoms with Gasteiger partial charge in [0.1, 0.15) is 0 Å². The topological polar surface area (TPSA) is 74.3 Å². The number of likely N-dealkylation sites (tertiary alicyclic amines) is 1. The predicted molar refractivity (Wildman–Crippen MR) is 96.2 cm³/mol. The van der Waals surface area contributed by atoms with Gasteiger partial charge in [-0.1, -0.05) is 6.42 Å². The molecule has 1 aliphatic rings. The van der Waals surface area contributed by atoms with Gasteiger partial charge in [-0.2, -0.15) is 11.3 Å². The maximum atomic E-state index is 12.1. The van der Waals surface area contributed by atoms with Gasteiger partial charge in [-0.05, 0) is 48.3 Å². The van der Waals surface area contributed by atoms with Crippen LogP contribution in [-0.4, -0.2) is 41.3 Å². The maximum absolute atomic E-state index is 12.1. The van der Waals surface area contributed by atoms with Crippen LogP contribution in [0.1, 0.15) is 30.9 Å². The lowest BCUT2D eigenvalue weighted by atomic mass is 10.0. The first-order valence-corrected chi connectivity index (χ1v) is 9.81. The molecule has 0 spiro atoms. The Hall–Kier alpha value is -1.77. The number of rotatable bonds is 5. The van der Waals surface area contributed by atoms with Gasteiger partial charge in [0.25, 0.3) is 0 Å². The van der Waals surface area contributed by atoms with Crippen LogP contribution in [0.2, 0.25) is 0 Å². The molecule has 1 unspecified atom stereocenters. The monoisotopic (exact) mass is 364 g/mol. The lowest BCUT2D eigenvalue weighted by Crippen LogP contribution is -2.43. The number of piperidine rings is 1. The molecule has 6 nitrogen and oxygen atoms in total. The molecule has 2 amide bonds. The molecule has 8 heteroatoms. The molecular formula is C16H20N4O2S2. The summed E-state index contributed by atoms with van der Waals surface area (Å²) in [7, 11) is 0. The Balaban J connectivity index is 1.58. The van der Waals surface area contributed by atoms with E-state index < -0.39 is 11.8 Å². The average Bonchev–Trinajstić information content (AvgIpc) is 3.30. The van der Waals surface area contributed by atoms with Gasteiger partial charge >= 0.3 is 11.8 Å². The van der Waals surface area contributed by atoms with Crippen molar-refractivity contribution in [3.05, 3.63) is 34.0 Å². The third kappa shape index (κ3) is 4.40. The largest absolute Gasteiger partial charge is 0.346 e. The van der Waals surface area contributed by atoms with Crippen LogP contribution in [0.3, 0.4) is 0 Å². The Morgan fingerprint density at radius 2 is 2.04 bits per heavy atom. The number of thiophene rings is 1. The second kappa shape index (κ2) is 8.36. The van der Waals surface area contributed by atoms with Gasteiger partial charge in [0.2, 0.25) is 0 Å². The average molecular weight is 364 g/mol. The van der Waals surface area contributed by atoms with E-state index in [4.69, 9.17) is 0 Å². The number of nitrogens with one attached hydrogen (secondary N) is 2. The summed E-state index contributed by atoms with van der Waals surface area (Å²) < 4.78 is 0. The first-order chi connectivity index (χ1) is 11.7. The molecule has 1 atom stereocenters. The van der Waals surface area contributed by atoms with E-state index in [1.54, 1.807) is 22.9 Å². The van der Waals surface area contributed by atoms with E-state index in [2.05, 4.69) is 32.0 Å². The van der Waals surface area contributed by atoms with Gasteiger partial charge in [-0.3, -0.25) is 19.8 Å². The highest BCUT2D eigenvalue weighted by atomic mass is 32.1. The summed E-state index contributed by atoms with van der Waals surface area (Å²) in [5.41, 5.74) is 1.20. The SMILES string of the molecule is O=C(NCC(c1ccsc1)N1CCCCC1)C(=O)Nc1nccs1. The fourth-order valence-corrected chi connectivity index (χ4v) is 4.09. The minimum absolute atomic E-state index is 0.119. The number of amides is 2. The number of anilines is 1. The molecule has 128 valence electrons. The Bertz CT molecular complexity index is 652. The minimum atomic E-state index is -0.673. The first kappa shape index (κ1) is 17.1. The zero-order valence-corrected chi connectivity index (χ0v) is 14.9. The summed E-state index contributed by atoms with van der Waals surface area (Å²) in [6.07, 6.45) is 5.20. The molecule has 3 rings (SSSR count). The molecule has 0 saturated carbocycles. The maximum Gasteiger partial charge on any atom is 0.315 e. The van der Waals surface area contributed by atoms with Crippen LogP contribution in [0.15, 0.2) is 28.4 Å². The van der Waals surface area contributed by atoms with Crippen LogP contribution >= 0.6 is 22.7 Å². The van der Waals surface area contributed by atoms with Crippen molar-refractivity contribution >= 4 is 39.6 Å². The van der Waals surface area contributed by atoms with Crippen molar-refractivity contribution < 1.29 is 9.59 Å². The zero-order chi connectivity index (χ0) is 16.8. The molecule has 1 aliphatic heterocycles. The summed E-state index contributed by atoms with van der Waals surface area (Å²) >= 11 is 2.93. The molecule has 2 aromatic heterocycles. The summed E-state index contributed by atoms with van der Waals surface area (Å²) in [5.74, 6) is -1.30. The molecule has 24 heavy (non-hydrogen) atoms. The van der Waals surface area contributed by atoms with Crippen LogP contribution in [-0.2, 0) is 9.59 Å². The molecule has 0 aliphatic carbocycles. The Kier molecular flexibility index (Phi) is 5.95. The normalized spacial score (nSPS) is 16.5. The molecular weight excluding hydrogens is 344 g/mol. The van der Waals surface area contributed by atoms with E-state index in [9.17, 15) is 9.59 Å². The Morgan fingerprint density at radius 3 is 2.71 bits per heavy atom. The van der Waals surface area contributed by atoms with Gasteiger partial charge in [-0.25, -0.2) is 4.98 Å². The molecule has 1 saturated heterocycles. The van der Waals surface area contributed by atoms with Crippen molar-refractivity contribution in [2.24, 2.45) is 0 Å². The van der Waals surface area contributed by atoms with E-state index in [1.165, 1.54) is 36.2 Å². The van der Waals surface area contributed by atoms with Crippen molar-refractivity contribution in [1.82, 2.24) is 15.2 Å². The van der Waals surface area contributed by atoms with Gasteiger partial charge < -0.3 is 5.32 Å². The third-order valence-corrected chi connectivity index (χ3v) is 5.46. The number of aromatic nitrogens is 1. The van der Waals surface area contributed by atoms with Crippen molar-refractivity contribution in [3.8, 4) is 0 Å². The van der Waals surface area contributed by atoms with Gasteiger partial charge in [0, 0.05) is 18.1 Å². The van der Waals surface area contributed by atoms with Crippen LogP contribution in [0.5, 0.6) is 0 Å². The van der Waals surface area contributed by atoms with E-state index in [0.29, 0.717) is 11.7 Å². The van der Waals surface area contributed by atoms with Crippen molar-refractivity contribution in [3.63, 3.8) is 0 Å². The summed E-state index contributed by atoms with van der Waals surface area (Å²) in [6.45, 7) is 2.49. The van der Waals surface area contributed by atoms with Gasteiger partial charge in [0.15, 0.2) is 5.13 Å². The Morgan fingerprint density at radius 1 is 1.21 bits per heavy atom. The smallest absolute Gasteiger partial charge is 0.315 e. The van der Waals surface area contributed by atoms with Gasteiger partial charge in [0.05, 0.1) is 6.04 Å². The lowest BCUT2D eigenvalue weighted by Gasteiger charge is -2.34. The van der Waals surface area contributed by atoms with Crippen molar-refractivity contribution in [1.29, 1.82) is 0 Å². The van der Waals surface area contributed by atoms with Crippen LogP contribution in [0.4, 0.5) is 5.13 Å². The molecule has 2 aromatic rings. The molecule has 0 aromatic carbocycles. The van der Waals surface area contributed by atoms with E-state index in [0.717, 1.165) is 13.1 Å². The van der Waals surface area contributed by atoms with Crippen molar-refractivity contribution in [2.75, 3.05) is 25.0 Å². The fraction of sp³-hybridized carbons (Fsp3) is 0.438. The standard InChI is InChI=1S/C16H20N4O2S2/c21-14(15(22)19-16-17-5-9-24-16)18-10-13(12-4-8-23-11-12)20-6-2-1-3-7-20/h4-5,8-9,11,13H,1-3,6-7,10H2,(H,18,21)(H,17,19,22). The quantitative estimate of drug-likeness (QED) is 0.800. The number of carbonyl (C=O) groups is 2. The Labute approximate surface area is 148 Å². The number of hydrogen-bond acceptors (Lipinski definition) is 6. The molecule has 0 bridgehead atoms. The predicted octanol–water partition coefficient (Wildman–Crippen LogP) is 2.49. The van der Waals surface area contributed by atoms with Crippen LogP contribution in [0, 0.1) is 0 Å². The van der Waals surface area contributed by atoms with E-state index in [1.807, 2.05) is 5.38 Å². The lowest BCUT2D eigenvalue weighted by molar-refractivity contribution is -0.136. The van der Waals surface area contributed by atoms with Gasteiger partial charge in [-0.15, -0.1) is 11.3 Å². The summed E-state index contributed by atoms with van der Waals surface area (Å²) in [5, 5.41) is 11.6. The number of carbonyl (C=O) groups excluding carboxylic acids is 2. The van der Waals surface area contributed by atoms with E-state index >= 15 is 0 Å². The minimum Gasteiger partial charge on any atom is -0.346 e. The highest BCUT2D eigenvalue weighted by Gasteiger charge is 2.24. The second-order valence-corrected chi connectivity index (χ2v) is 7.35. The van der Waals surface area contributed by atoms with Crippen LogP contribution < -0.4 is 10.6 Å². The molecule has 3 heterocycles. The summed E-state index contributed by atoms with van der Waals surface area (Å²) in [6, 6.07) is 2.21.